The maximum Gasteiger partial charge on any atom is 0.322 e. The van der Waals surface area contributed by atoms with Gasteiger partial charge in [0.1, 0.15) is 11.6 Å². The topological polar surface area (TPSA) is 114 Å². The van der Waals surface area contributed by atoms with Crippen LogP contribution in [0.5, 0.6) is 5.75 Å². The zero-order chi connectivity index (χ0) is 22.1. The highest BCUT2D eigenvalue weighted by Crippen LogP contribution is 2.30. The fourth-order valence-corrected chi connectivity index (χ4v) is 4.05. The Morgan fingerprint density at radius 2 is 2.16 bits per heavy atom. The highest BCUT2D eigenvalue weighted by atomic mass is 35.5. The molecule has 1 aliphatic rings. The average molecular weight is 445 g/mol. The molecule has 1 saturated heterocycles. The van der Waals surface area contributed by atoms with Gasteiger partial charge in [-0.25, -0.2) is 4.79 Å². The number of halogens is 1. The number of nitrogen functional groups attached to an aromatic ring is 1. The van der Waals surface area contributed by atoms with Crippen molar-refractivity contribution in [1.29, 1.82) is 0 Å². The van der Waals surface area contributed by atoms with Gasteiger partial charge in [0.05, 0.1) is 29.4 Å². The summed E-state index contributed by atoms with van der Waals surface area (Å²) in [5.41, 5.74) is 7.19. The minimum Gasteiger partial charge on any atom is -0.497 e. The van der Waals surface area contributed by atoms with Gasteiger partial charge in [-0.05, 0) is 18.6 Å². The first-order valence-corrected chi connectivity index (χ1v) is 10.4. The highest BCUT2D eigenvalue weighted by Gasteiger charge is 2.31. The van der Waals surface area contributed by atoms with Gasteiger partial charge in [0.2, 0.25) is 5.95 Å². The number of benzene rings is 1. The zero-order valence-electron chi connectivity index (χ0n) is 17.7. The van der Waals surface area contributed by atoms with Crippen molar-refractivity contribution >= 4 is 46.1 Å². The van der Waals surface area contributed by atoms with Crippen molar-refractivity contribution in [1.82, 2.24) is 24.6 Å². The molecule has 0 saturated carbocycles. The van der Waals surface area contributed by atoms with Gasteiger partial charge < -0.3 is 25.6 Å². The number of nitrogens with two attached hydrogens (primary N) is 1. The third kappa shape index (κ3) is 4.02. The van der Waals surface area contributed by atoms with Crippen LogP contribution >= 0.6 is 11.6 Å². The largest absolute Gasteiger partial charge is 0.497 e. The van der Waals surface area contributed by atoms with E-state index in [9.17, 15) is 4.79 Å². The molecule has 2 amide bonds. The van der Waals surface area contributed by atoms with Crippen molar-refractivity contribution in [2.75, 3.05) is 42.7 Å². The lowest BCUT2D eigenvalue weighted by Gasteiger charge is -2.42. The number of aryl methyl sites for hydroxylation is 1. The SMILES string of the molecule is CC[C@H]1CN(C(=O)Nc2ccc(OC)cc2Cl)CCN1c1nc(N)nc2c1cnn2C. The summed E-state index contributed by atoms with van der Waals surface area (Å²) in [6.45, 7) is 3.77. The number of hydrogen-bond acceptors (Lipinski definition) is 7. The lowest BCUT2D eigenvalue weighted by atomic mass is 10.1. The number of methoxy groups -OCH3 is 1. The fourth-order valence-electron chi connectivity index (χ4n) is 3.83. The molecule has 3 aromatic rings. The molecule has 4 rings (SSSR count). The molecule has 164 valence electrons. The number of nitrogens with zero attached hydrogens (tertiary/aromatic N) is 6. The molecule has 0 unspecified atom stereocenters. The van der Waals surface area contributed by atoms with Crippen LogP contribution in [-0.2, 0) is 7.05 Å². The molecular formula is C20H25ClN8O2. The van der Waals surface area contributed by atoms with E-state index in [4.69, 9.17) is 22.1 Å². The van der Waals surface area contributed by atoms with Crippen LogP contribution in [0.2, 0.25) is 5.02 Å². The number of amides is 2. The van der Waals surface area contributed by atoms with E-state index in [1.54, 1.807) is 41.1 Å². The first-order chi connectivity index (χ1) is 14.9. The molecule has 0 bridgehead atoms. The standard InChI is InChI=1S/C20H25ClN8O2/c1-4-12-11-28(20(30)24-16-6-5-13(31-3)9-15(16)21)7-8-29(12)18-14-10-23-27(2)17(14)25-19(22)26-18/h5-6,9-10,12H,4,7-8,11H2,1-3H3,(H,24,30)(H2,22,25,26)/t12-/m0/s1. The van der Waals surface area contributed by atoms with Gasteiger partial charge in [0.25, 0.3) is 0 Å². The lowest BCUT2D eigenvalue weighted by Crippen LogP contribution is -2.56. The Bertz CT molecular complexity index is 1120. The number of piperazine rings is 1. The molecule has 2 aromatic heterocycles. The van der Waals surface area contributed by atoms with E-state index in [1.807, 2.05) is 7.05 Å². The quantitative estimate of drug-likeness (QED) is 0.635. The molecule has 10 nitrogen and oxygen atoms in total. The zero-order valence-corrected chi connectivity index (χ0v) is 18.4. The number of ether oxygens (including phenoxy) is 1. The minimum atomic E-state index is -0.195. The molecule has 3 heterocycles. The monoisotopic (exact) mass is 444 g/mol. The van der Waals surface area contributed by atoms with Crippen LogP contribution in [-0.4, -0.2) is 63.5 Å². The lowest BCUT2D eigenvalue weighted by molar-refractivity contribution is 0.197. The summed E-state index contributed by atoms with van der Waals surface area (Å²) in [6.07, 6.45) is 2.58. The first-order valence-electron chi connectivity index (χ1n) is 10.0. The van der Waals surface area contributed by atoms with Gasteiger partial charge >= 0.3 is 6.03 Å². The van der Waals surface area contributed by atoms with Crippen molar-refractivity contribution in [3.63, 3.8) is 0 Å². The Morgan fingerprint density at radius 1 is 1.35 bits per heavy atom. The van der Waals surface area contributed by atoms with E-state index in [0.717, 1.165) is 17.6 Å². The minimum absolute atomic E-state index is 0.0727. The van der Waals surface area contributed by atoms with Gasteiger partial charge in [-0.3, -0.25) is 4.68 Å². The van der Waals surface area contributed by atoms with Crippen LogP contribution in [0.4, 0.5) is 22.2 Å². The molecule has 1 fully saturated rings. The normalized spacial score (nSPS) is 16.6. The van der Waals surface area contributed by atoms with Gasteiger partial charge in [-0.1, -0.05) is 18.5 Å². The van der Waals surface area contributed by atoms with Gasteiger partial charge in [0, 0.05) is 38.8 Å². The van der Waals surface area contributed by atoms with Crippen molar-refractivity contribution in [2.45, 2.75) is 19.4 Å². The molecule has 3 N–H and O–H groups in total. The predicted octanol–water partition coefficient (Wildman–Crippen LogP) is 2.74. The molecule has 1 aliphatic heterocycles. The second kappa shape index (κ2) is 8.46. The molecule has 0 radical (unpaired) electrons. The van der Waals surface area contributed by atoms with E-state index in [1.165, 1.54) is 0 Å². The molecule has 0 aliphatic carbocycles. The summed E-state index contributed by atoms with van der Waals surface area (Å²) in [5.74, 6) is 1.59. The Kier molecular flexibility index (Phi) is 5.73. The number of carbonyl (C=O) groups excluding carboxylic acids is 1. The van der Waals surface area contributed by atoms with Crippen molar-refractivity contribution < 1.29 is 9.53 Å². The number of anilines is 3. The molecule has 1 aromatic carbocycles. The molecule has 0 spiro atoms. The van der Waals surface area contributed by atoms with E-state index in [-0.39, 0.29) is 18.0 Å². The van der Waals surface area contributed by atoms with E-state index >= 15 is 0 Å². The summed E-state index contributed by atoms with van der Waals surface area (Å²) < 4.78 is 6.84. The van der Waals surface area contributed by atoms with Crippen molar-refractivity contribution in [2.24, 2.45) is 7.05 Å². The second-order valence-corrected chi connectivity index (χ2v) is 7.80. The van der Waals surface area contributed by atoms with Crippen LogP contribution in [0, 0.1) is 0 Å². The number of carbonyl (C=O) groups is 1. The third-order valence-electron chi connectivity index (χ3n) is 5.52. The Labute approximate surface area is 184 Å². The molecule has 1 atom stereocenters. The van der Waals surface area contributed by atoms with E-state index in [0.29, 0.717) is 41.7 Å². The highest BCUT2D eigenvalue weighted by molar-refractivity contribution is 6.33. The number of nitrogens with one attached hydrogen (secondary N) is 1. The number of urea groups is 1. The summed E-state index contributed by atoms with van der Waals surface area (Å²) in [6, 6.07) is 5.03. The van der Waals surface area contributed by atoms with E-state index in [2.05, 4.69) is 32.2 Å². The summed E-state index contributed by atoms with van der Waals surface area (Å²) in [7, 11) is 3.39. The maximum absolute atomic E-state index is 12.9. The van der Waals surface area contributed by atoms with Gasteiger partial charge in [0.15, 0.2) is 5.65 Å². The molecule has 11 heteroatoms. The van der Waals surface area contributed by atoms with Crippen LogP contribution in [0.25, 0.3) is 11.0 Å². The van der Waals surface area contributed by atoms with E-state index < -0.39 is 0 Å². The summed E-state index contributed by atoms with van der Waals surface area (Å²) >= 11 is 6.27. The smallest absolute Gasteiger partial charge is 0.322 e. The summed E-state index contributed by atoms with van der Waals surface area (Å²) in [4.78, 5) is 25.7. The predicted molar refractivity (Wildman–Crippen MR) is 121 cm³/mol. The average Bonchev–Trinajstić information content (AvgIpc) is 3.14. The number of aromatic nitrogens is 4. The Balaban J connectivity index is 1.52. The maximum atomic E-state index is 12.9. The van der Waals surface area contributed by atoms with Gasteiger partial charge in [-0.2, -0.15) is 15.1 Å². The van der Waals surface area contributed by atoms with Crippen LogP contribution in [0.15, 0.2) is 24.4 Å². The number of hydrogen-bond donors (Lipinski definition) is 2. The Hall–Kier alpha value is -3.27. The van der Waals surface area contributed by atoms with Crippen LogP contribution in [0.3, 0.4) is 0 Å². The summed E-state index contributed by atoms with van der Waals surface area (Å²) in [5, 5.41) is 8.45. The number of fused-ring (bicyclic) bond motifs is 1. The van der Waals surface area contributed by atoms with Gasteiger partial charge in [-0.15, -0.1) is 0 Å². The molecular weight excluding hydrogens is 420 g/mol. The van der Waals surface area contributed by atoms with Crippen LogP contribution < -0.4 is 20.7 Å². The Morgan fingerprint density at radius 3 is 2.87 bits per heavy atom. The van der Waals surface area contributed by atoms with Crippen LogP contribution in [0.1, 0.15) is 13.3 Å². The number of rotatable bonds is 4. The first kappa shape index (κ1) is 21.0. The second-order valence-electron chi connectivity index (χ2n) is 7.39. The third-order valence-corrected chi connectivity index (χ3v) is 5.83. The fraction of sp³-hybridized carbons (Fsp3) is 0.400. The van der Waals surface area contributed by atoms with Crippen molar-refractivity contribution in [3.05, 3.63) is 29.4 Å². The molecule has 31 heavy (non-hydrogen) atoms. The van der Waals surface area contributed by atoms with Crippen molar-refractivity contribution in [3.8, 4) is 5.75 Å².